The van der Waals surface area contributed by atoms with Gasteiger partial charge in [-0.15, -0.1) is 0 Å². The summed E-state index contributed by atoms with van der Waals surface area (Å²) in [6.45, 7) is 6.28. The lowest BCUT2D eigenvalue weighted by atomic mass is 9.86. The first-order valence-corrected chi connectivity index (χ1v) is 8.36. The highest BCUT2D eigenvalue weighted by Gasteiger charge is 2.37. The van der Waals surface area contributed by atoms with Crippen LogP contribution in [0.2, 0.25) is 0 Å². The van der Waals surface area contributed by atoms with E-state index in [0.29, 0.717) is 5.69 Å². The fourth-order valence-electron chi connectivity index (χ4n) is 3.94. The van der Waals surface area contributed by atoms with Crippen LogP contribution in [0.4, 0.5) is 23.2 Å². The van der Waals surface area contributed by atoms with E-state index in [4.69, 9.17) is 5.73 Å². The molecule has 0 radical (unpaired) electrons. The molecule has 1 atom stereocenters. The first-order chi connectivity index (χ1) is 12.0. The highest BCUT2D eigenvalue weighted by molar-refractivity contribution is 6.01. The molecule has 26 heavy (non-hydrogen) atoms. The van der Waals surface area contributed by atoms with E-state index in [1.807, 2.05) is 13.0 Å². The van der Waals surface area contributed by atoms with Crippen LogP contribution in [0.25, 0.3) is 0 Å². The molecule has 0 heterocycles. The molecule has 1 unspecified atom stereocenters. The van der Waals surface area contributed by atoms with Gasteiger partial charge in [0.15, 0.2) is 0 Å². The molecule has 2 N–H and O–H groups in total. The maximum absolute atomic E-state index is 14.1. The second kappa shape index (κ2) is 6.11. The lowest BCUT2D eigenvalue weighted by Gasteiger charge is -2.19. The van der Waals surface area contributed by atoms with Gasteiger partial charge in [-0.1, -0.05) is 39.0 Å². The van der Waals surface area contributed by atoms with Crippen LogP contribution in [0.3, 0.4) is 0 Å². The van der Waals surface area contributed by atoms with Crippen LogP contribution in [-0.4, -0.2) is 5.84 Å². The minimum absolute atomic E-state index is 0.0514. The third-order valence-electron chi connectivity index (χ3n) is 4.94. The summed E-state index contributed by atoms with van der Waals surface area (Å²) in [4.78, 5) is 4.21. The molecule has 0 amide bonds. The van der Waals surface area contributed by atoms with Gasteiger partial charge in [-0.2, -0.15) is 13.2 Å². The van der Waals surface area contributed by atoms with Crippen molar-refractivity contribution in [1.82, 2.24) is 0 Å². The highest BCUT2D eigenvalue weighted by atomic mass is 19.4. The van der Waals surface area contributed by atoms with Gasteiger partial charge in [0, 0.05) is 0 Å². The molecule has 1 aliphatic carbocycles. The molecule has 138 valence electrons. The Morgan fingerprint density at radius 3 is 2.46 bits per heavy atom. The van der Waals surface area contributed by atoms with Gasteiger partial charge in [0.05, 0.1) is 16.8 Å². The number of amidine groups is 1. The average Bonchev–Trinajstić information content (AvgIpc) is 2.76. The van der Waals surface area contributed by atoms with E-state index >= 15 is 0 Å². The van der Waals surface area contributed by atoms with Crippen LogP contribution in [0.15, 0.2) is 41.4 Å². The number of fused-ring (bicyclic) bond motifs is 1. The number of nitrogens with two attached hydrogens (primary N) is 1. The maximum Gasteiger partial charge on any atom is 0.417 e. The zero-order chi connectivity index (χ0) is 19.3. The van der Waals surface area contributed by atoms with E-state index in [9.17, 15) is 17.6 Å². The Balaban J connectivity index is 2.17. The molecule has 0 fully saturated rings. The number of hydrogen-bond donors (Lipinski definition) is 1. The van der Waals surface area contributed by atoms with Crippen molar-refractivity contribution in [2.75, 3.05) is 0 Å². The zero-order valence-electron chi connectivity index (χ0n) is 14.8. The number of rotatable bonds is 2. The summed E-state index contributed by atoms with van der Waals surface area (Å²) >= 11 is 0. The summed E-state index contributed by atoms with van der Waals surface area (Å²) in [5, 5.41) is 0. The van der Waals surface area contributed by atoms with Crippen LogP contribution in [0.1, 0.15) is 55.4 Å². The minimum atomic E-state index is -4.72. The fourth-order valence-corrected chi connectivity index (χ4v) is 3.94. The van der Waals surface area contributed by atoms with Gasteiger partial charge in [-0.05, 0) is 47.1 Å². The van der Waals surface area contributed by atoms with Crippen LogP contribution in [0.5, 0.6) is 0 Å². The first kappa shape index (κ1) is 18.4. The Morgan fingerprint density at radius 2 is 1.81 bits per heavy atom. The van der Waals surface area contributed by atoms with E-state index in [1.165, 1.54) is 0 Å². The van der Waals surface area contributed by atoms with Crippen molar-refractivity contribution in [3.05, 3.63) is 64.5 Å². The molecule has 0 aromatic heterocycles. The first-order valence-electron chi connectivity index (χ1n) is 8.36. The third kappa shape index (κ3) is 3.08. The highest BCUT2D eigenvalue weighted by Crippen LogP contribution is 2.49. The summed E-state index contributed by atoms with van der Waals surface area (Å²) in [6.07, 6.45) is -3.81. The molecule has 0 bridgehead atoms. The second-order valence-corrected chi connectivity index (χ2v) is 7.38. The van der Waals surface area contributed by atoms with Crippen molar-refractivity contribution in [2.45, 2.75) is 44.7 Å². The Labute approximate surface area is 149 Å². The predicted octanol–water partition coefficient (Wildman–Crippen LogP) is 5.67. The Bertz CT molecular complexity index is 882. The van der Waals surface area contributed by atoms with Gasteiger partial charge in [0.25, 0.3) is 0 Å². The van der Waals surface area contributed by atoms with Crippen LogP contribution in [-0.2, 0) is 11.6 Å². The maximum atomic E-state index is 14.1. The van der Waals surface area contributed by atoms with E-state index in [-0.39, 0.29) is 11.3 Å². The van der Waals surface area contributed by atoms with Crippen molar-refractivity contribution in [3.8, 4) is 0 Å². The monoisotopic (exact) mass is 364 g/mol. The second-order valence-electron chi connectivity index (χ2n) is 7.38. The Hall–Kier alpha value is -2.37. The summed E-state index contributed by atoms with van der Waals surface area (Å²) in [5.74, 6) is -1.32. The quantitative estimate of drug-likeness (QED) is 0.416. The SMILES string of the molecule is CC1CC(C)(C)c2cccc(N=C(N)c3c(F)cccc3C(F)(F)F)c21. The van der Waals surface area contributed by atoms with Crippen molar-refractivity contribution in [1.29, 1.82) is 0 Å². The topological polar surface area (TPSA) is 38.4 Å². The van der Waals surface area contributed by atoms with Crippen molar-refractivity contribution in [3.63, 3.8) is 0 Å². The van der Waals surface area contributed by atoms with Gasteiger partial charge in [0.1, 0.15) is 11.7 Å². The van der Waals surface area contributed by atoms with Crippen molar-refractivity contribution >= 4 is 11.5 Å². The number of benzene rings is 2. The zero-order valence-corrected chi connectivity index (χ0v) is 14.8. The summed E-state index contributed by atoms with van der Waals surface area (Å²) in [6, 6.07) is 8.28. The number of hydrogen-bond acceptors (Lipinski definition) is 1. The van der Waals surface area contributed by atoms with Crippen molar-refractivity contribution < 1.29 is 17.6 Å². The number of nitrogens with zero attached hydrogens (tertiary/aromatic N) is 1. The van der Waals surface area contributed by atoms with E-state index in [2.05, 4.69) is 18.8 Å². The molecule has 2 aromatic carbocycles. The lowest BCUT2D eigenvalue weighted by Crippen LogP contribution is -2.21. The van der Waals surface area contributed by atoms with E-state index in [0.717, 1.165) is 35.7 Å². The molecule has 0 saturated carbocycles. The normalized spacial score (nSPS) is 19.5. The Morgan fingerprint density at radius 1 is 1.15 bits per heavy atom. The summed E-state index contributed by atoms with van der Waals surface area (Å²) in [5.41, 5.74) is 6.52. The molecular formula is C20H20F4N2. The average molecular weight is 364 g/mol. The molecule has 0 saturated heterocycles. The molecule has 2 nitrogen and oxygen atoms in total. The molecule has 2 aromatic rings. The summed E-state index contributed by atoms with van der Waals surface area (Å²) in [7, 11) is 0. The minimum Gasteiger partial charge on any atom is -0.383 e. The molecule has 6 heteroatoms. The van der Waals surface area contributed by atoms with Crippen LogP contribution >= 0.6 is 0 Å². The molecule has 3 rings (SSSR count). The number of halogens is 4. The molecule has 0 spiro atoms. The van der Waals surface area contributed by atoms with E-state index < -0.39 is 29.0 Å². The fraction of sp³-hybridized carbons (Fsp3) is 0.350. The van der Waals surface area contributed by atoms with Gasteiger partial charge in [0.2, 0.25) is 0 Å². The van der Waals surface area contributed by atoms with Gasteiger partial charge in [-0.25, -0.2) is 9.38 Å². The number of alkyl halides is 3. The standard InChI is InChI=1S/C20H20F4N2/c1-11-10-19(2,3)12-6-5-9-15(16(11)12)26-18(25)17-13(20(22,23)24)7-4-8-14(17)21/h4-9,11H,10H2,1-3H3,(H2,25,26). The molecule has 1 aliphatic rings. The summed E-state index contributed by atoms with van der Waals surface area (Å²) < 4.78 is 53.8. The largest absolute Gasteiger partial charge is 0.417 e. The Kier molecular flexibility index (Phi) is 4.33. The van der Waals surface area contributed by atoms with Gasteiger partial charge in [-0.3, -0.25) is 0 Å². The third-order valence-corrected chi connectivity index (χ3v) is 4.94. The predicted molar refractivity (Wildman–Crippen MR) is 94.3 cm³/mol. The lowest BCUT2D eigenvalue weighted by molar-refractivity contribution is -0.137. The van der Waals surface area contributed by atoms with Crippen LogP contribution in [0, 0.1) is 5.82 Å². The molecular weight excluding hydrogens is 344 g/mol. The van der Waals surface area contributed by atoms with Crippen molar-refractivity contribution in [2.24, 2.45) is 10.7 Å². The van der Waals surface area contributed by atoms with E-state index in [1.54, 1.807) is 12.1 Å². The van der Waals surface area contributed by atoms with Crippen LogP contribution < -0.4 is 5.73 Å². The smallest absolute Gasteiger partial charge is 0.383 e. The number of aliphatic imine (C=N–C) groups is 1. The molecule has 0 aliphatic heterocycles. The van der Waals surface area contributed by atoms with Gasteiger partial charge >= 0.3 is 6.18 Å². The van der Waals surface area contributed by atoms with Gasteiger partial charge < -0.3 is 5.73 Å².